The number of carbonyl (C=O) groups excluding carboxylic acids is 2. The van der Waals surface area contributed by atoms with Crippen molar-refractivity contribution in [2.45, 2.75) is 44.8 Å². The Morgan fingerprint density at radius 2 is 1.83 bits per heavy atom. The Morgan fingerprint density at radius 3 is 2.55 bits per heavy atom. The van der Waals surface area contributed by atoms with E-state index in [-0.39, 0.29) is 30.9 Å². The van der Waals surface area contributed by atoms with E-state index in [9.17, 15) is 14.7 Å². The molecule has 1 spiro atoms. The summed E-state index contributed by atoms with van der Waals surface area (Å²) in [5.41, 5.74) is -0.839. The van der Waals surface area contributed by atoms with Crippen LogP contribution in [0.4, 0.5) is 4.79 Å². The normalized spacial score (nSPS) is 28.0. The molecule has 6 nitrogen and oxygen atoms in total. The van der Waals surface area contributed by atoms with Crippen LogP contribution in [-0.4, -0.2) is 46.7 Å². The summed E-state index contributed by atoms with van der Waals surface area (Å²) < 4.78 is 5.72. The number of rotatable bonds is 5. The second-order valence-electron chi connectivity index (χ2n) is 8.42. The van der Waals surface area contributed by atoms with Crippen molar-refractivity contribution in [3.8, 4) is 5.75 Å². The van der Waals surface area contributed by atoms with E-state index < -0.39 is 17.7 Å². The third-order valence-electron chi connectivity index (χ3n) is 6.54. The maximum absolute atomic E-state index is 13.2. The lowest BCUT2D eigenvalue weighted by Gasteiger charge is -2.42. The van der Waals surface area contributed by atoms with Gasteiger partial charge < -0.3 is 15.2 Å². The molecule has 0 bridgehead atoms. The molecule has 1 heterocycles. The van der Waals surface area contributed by atoms with E-state index in [4.69, 9.17) is 4.74 Å². The zero-order chi connectivity index (χ0) is 20.6. The molecule has 1 aliphatic carbocycles. The molecule has 4 rings (SSSR count). The van der Waals surface area contributed by atoms with E-state index in [1.807, 2.05) is 56.3 Å². The number of nitrogens with zero attached hydrogens (tertiary/aromatic N) is 1. The van der Waals surface area contributed by atoms with Crippen molar-refractivity contribution < 1.29 is 19.4 Å². The first kappa shape index (κ1) is 19.7. The minimum atomic E-state index is -0.958. The molecule has 2 N–H and O–H groups in total. The van der Waals surface area contributed by atoms with Gasteiger partial charge in [0.25, 0.3) is 5.91 Å². The highest BCUT2D eigenvalue weighted by molar-refractivity contribution is 6.07. The largest absolute Gasteiger partial charge is 0.491 e. The van der Waals surface area contributed by atoms with E-state index >= 15 is 0 Å². The molecule has 1 aliphatic heterocycles. The minimum Gasteiger partial charge on any atom is -0.491 e. The van der Waals surface area contributed by atoms with Crippen LogP contribution >= 0.6 is 0 Å². The first-order valence-electron chi connectivity index (χ1n) is 10.4. The fraction of sp³-hybridized carbons (Fsp3) is 0.478. The molecule has 154 valence electrons. The number of urea groups is 1. The predicted octanol–water partition coefficient (Wildman–Crippen LogP) is 3.33. The Kier molecular flexibility index (Phi) is 5.21. The van der Waals surface area contributed by atoms with Gasteiger partial charge in [0.1, 0.15) is 24.0 Å². The van der Waals surface area contributed by atoms with E-state index in [0.29, 0.717) is 5.75 Å². The fourth-order valence-corrected chi connectivity index (χ4v) is 4.83. The number of aliphatic hydroxyl groups excluding tert-OH is 1. The van der Waals surface area contributed by atoms with Crippen molar-refractivity contribution >= 4 is 22.7 Å². The summed E-state index contributed by atoms with van der Waals surface area (Å²) in [6.07, 6.45) is 1.94. The number of ether oxygens (including phenoxy) is 1. The summed E-state index contributed by atoms with van der Waals surface area (Å²) in [5.74, 6) is 0.593. The molecule has 2 aliphatic rings. The Bertz CT molecular complexity index is 918. The molecule has 0 radical (unpaired) electrons. The number of aliphatic hydroxyl groups is 1. The molecule has 29 heavy (non-hydrogen) atoms. The van der Waals surface area contributed by atoms with Crippen LogP contribution in [0.1, 0.15) is 33.1 Å². The van der Waals surface area contributed by atoms with Gasteiger partial charge in [-0.25, -0.2) is 4.79 Å². The van der Waals surface area contributed by atoms with Crippen LogP contribution in [0.15, 0.2) is 42.5 Å². The van der Waals surface area contributed by atoms with E-state index in [1.54, 1.807) is 0 Å². The summed E-state index contributed by atoms with van der Waals surface area (Å²) in [4.78, 5) is 26.9. The number of amides is 3. The lowest BCUT2D eigenvalue weighted by atomic mass is 9.67. The Morgan fingerprint density at radius 1 is 1.14 bits per heavy atom. The van der Waals surface area contributed by atoms with Crippen LogP contribution in [0.2, 0.25) is 0 Å². The average Bonchev–Trinajstić information content (AvgIpc) is 2.96. The average molecular weight is 396 g/mol. The van der Waals surface area contributed by atoms with Crippen molar-refractivity contribution in [2.75, 3.05) is 13.2 Å². The van der Waals surface area contributed by atoms with Crippen LogP contribution in [0.5, 0.6) is 5.75 Å². The first-order valence-corrected chi connectivity index (χ1v) is 10.4. The Hall–Kier alpha value is -2.60. The number of β-amino-alcohol motifs (C(OH)–C–C–N with tert-alkyl or cyclic N) is 1. The monoisotopic (exact) mass is 396 g/mol. The van der Waals surface area contributed by atoms with Crippen molar-refractivity contribution in [3.63, 3.8) is 0 Å². The van der Waals surface area contributed by atoms with E-state index in [2.05, 4.69) is 5.32 Å². The SMILES string of the molecule is CC1CCCC(C)C12NC(=O)N(CC(O)COc1ccc3ccccc3c1)C2=O. The second-order valence-corrected chi connectivity index (χ2v) is 8.42. The summed E-state index contributed by atoms with van der Waals surface area (Å²) in [7, 11) is 0. The van der Waals surface area contributed by atoms with Crippen LogP contribution < -0.4 is 10.1 Å². The molecule has 0 aromatic heterocycles. The third kappa shape index (κ3) is 3.46. The number of carbonyl (C=O) groups is 2. The van der Waals surface area contributed by atoms with Gasteiger partial charge in [-0.2, -0.15) is 0 Å². The maximum atomic E-state index is 13.2. The summed E-state index contributed by atoms with van der Waals surface area (Å²) in [6, 6.07) is 13.3. The maximum Gasteiger partial charge on any atom is 0.325 e. The standard InChI is InChI=1S/C23H28N2O4/c1-15-6-5-7-16(2)23(15)21(27)25(22(28)24-23)13-19(26)14-29-20-11-10-17-8-3-4-9-18(17)12-20/h3-4,8-12,15-16,19,26H,5-7,13-14H2,1-2H3,(H,24,28). The van der Waals surface area contributed by atoms with Gasteiger partial charge in [0.05, 0.1) is 6.54 Å². The van der Waals surface area contributed by atoms with Gasteiger partial charge in [-0.1, -0.05) is 50.6 Å². The van der Waals surface area contributed by atoms with Crippen LogP contribution in [-0.2, 0) is 4.79 Å². The highest BCUT2D eigenvalue weighted by Gasteiger charge is 2.58. The number of imide groups is 1. The molecule has 3 atom stereocenters. The lowest BCUT2D eigenvalue weighted by Crippen LogP contribution is -2.59. The topological polar surface area (TPSA) is 78.9 Å². The van der Waals surface area contributed by atoms with E-state index in [0.717, 1.165) is 34.9 Å². The highest BCUT2D eigenvalue weighted by atomic mass is 16.5. The molecular weight excluding hydrogens is 368 g/mol. The molecule has 6 heteroatoms. The molecular formula is C23H28N2O4. The molecule has 2 aromatic carbocycles. The van der Waals surface area contributed by atoms with Crippen molar-refractivity contribution in [1.29, 1.82) is 0 Å². The number of hydrogen-bond donors (Lipinski definition) is 2. The van der Waals surface area contributed by atoms with Crippen molar-refractivity contribution in [2.24, 2.45) is 11.8 Å². The summed E-state index contributed by atoms with van der Waals surface area (Å²) in [6.45, 7) is 3.99. The molecule has 2 aromatic rings. The quantitative estimate of drug-likeness (QED) is 0.760. The third-order valence-corrected chi connectivity index (χ3v) is 6.54. The first-order chi connectivity index (χ1) is 13.9. The zero-order valence-electron chi connectivity index (χ0n) is 16.9. The van der Waals surface area contributed by atoms with Crippen LogP contribution in [0.3, 0.4) is 0 Å². The highest BCUT2D eigenvalue weighted by Crippen LogP contribution is 2.42. The molecule has 1 saturated heterocycles. The van der Waals surface area contributed by atoms with Gasteiger partial charge in [-0.3, -0.25) is 9.69 Å². The zero-order valence-corrected chi connectivity index (χ0v) is 16.9. The smallest absolute Gasteiger partial charge is 0.325 e. The molecule has 3 amide bonds. The van der Waals surface area contributed by atoms with Gasteiger partial charge in [-0.15, -0.1) is 0 Å². The van der Waals surface area contributed by atoms with E-state index in [1.165, 1.54) is 0 Å². The van der Waals surface area contributed by atoms with Gasteiger partial charge >= 0.3 is 6.03 Å². The number of hydrogen-bond acceptors (Lipinski definition) is 4. The summed E-state index contributed by atoms with van der Waals surface area (Å²) >= 11 is 0. The number of nitrogens with one attached hydrogen (secondary N) is 1. The molecule has 3 unspecified atom stereocenters. The van der Waals surface area contributed by atoms with Gasteiger partial charge in [0.15, 0.2) is 0 Å². The lowest BCUT2D eigenvalue weighted by molar-refractivity contribution is -0.137. The Balaban J connectivity index is 1.40. The minimum absolute atomic E-state index is 0.00745. The van der Waals surface area contributed by atoms with Gasteiger partial charge in [0, 0.05) is 0 Å². The number of benzene rings is 2. The predicted molar refractivity (Wildman–Crippen MR) is 111 cm³/mol. The van der Waals surface area contributed by atoms with Crippen molar-refractivity contribution in [3.05, 3.63) is 42.5 Å². The van der Waals surface area contributed by atoms with Gasteiger partial charge in [0.2, 0.25) is 0 Å². The molecule has 1 saturated carbocycles. The fourth-order valence-electron chi connectivity index (χ4n) is 4.83. The molecule has 2 fully saturated rings. The Labute approximate surface area is 170 Å². The van der Waals surface area contributed by atoms with Crippen LogP contribution in [0.25, 0.3) is 10.8 Å². The van der Waals surface area contributed by atoms with Crippen LogP contribution in [0, 0.1) is 11.8 Å². The number of fused-ring (bicyclic) bond motifs is 1. The second kappa shape index (κ2) is 7.67. The van der Waals surface area contributed by atoms with Crippen molar-refractivity contribution in [1.82, 2.24) is 10.2 Å². The van der Waals surface area contributed by atoms with Gasteiger partial charge in [-0.05, 0) is 47.6 Å². The summed E-state index contributed by atoms with van der Waals surface area (Å²) in [5, 5.41) is 15.6.